The van der Waals surface area contributed by atoms with E-state index in [0.717, 1.165) is 18.8 Å². The zero-order valence-electron chi connectivity index (χ0n) is 9.37. The van der Waals surface area contributed by atoms with Crippen LogP contribution >= 0.6 is 0 Å². The Hall–Kier alpha value is -1.53. The molecule has 0 aromatic heterocycles. The highest BCUT2D eigenvalue weighted by Gasteiger charge is 2.35. The van der Waals surface area contributed by atoms with E-state index in [1.54, 1.807) is 0 Å². The van der Waals surface area contributed by atoms with E-state index in [1.165, 1.54) is 19.3 Å². The molecule has 0 amide bonds. The number of hydrogen-bond donors (Lipinski definition) is 2. The Labute approximate surface area is 96.3 Å². The first-order valence-electron chi connectivity index (χ1n) is 5.72. The molecule has 84 valence electrons. The standard InChI is InChI=1S/C13H17N3/c14-8-11-2-4-12(5-3-11)16-10-13(9-15)6-1-7-13/h2-5,16H,1,6-7,9-10,15H2. The first-order chi connectivity index (χ1) is 7.78. The number of hydrogen-bond acceptors (Lipinski definition) is 3. The van der Waals surface area contributed by atoms with Gasteiger partial charge in [-0.25, -0.2) is 0 Å². The molecule has 16 heavy (non-hydrogen) atoms. The highest BCUT2D eigenvalue weighted by atomic mass is 14.9. The van der Waals surface area contributed by atoms with E-state index in [1.807, 2.05) is 24.3 Å². The van der Waals surface area contributed by atoms with Crippen molar-refractivity contribution in [2.75, 3.05) is 18.4 Å². The van der Waals surface area contributed by atoms with Crippen molar-refractivity contribution in [3.05, 3.63) is 29.8 Å². The van der Waals surface area contributed by atoms with Gasteiger partial charge >= 0.3 is 0 Å². The quantitative estimate of drug-likeness (QED) is 0.808. The molecule has 3 N–H and O–H groups in total. The van der Waals surface area contributed by atoms with E-state index in [2.05, 4.69) is 11.4 Å². The van der Waals surface area contributed by atoms with Crippen molar-refractivity contribution >= 4 is 5.69 Å². The van der Waals surface area contributed by atoms with E-state index in [9.17, 15) is 0 Å². The van der Waals surface area contributed by atoms with Crippen molar-refractivity contribution in [2.45, 2.75) is 19.3 Å². The molecular formula is C13H17N3. The van der Waals surface area contributed by atoms with Crippen LogP contribution in [-0.4, -0.2) is 13.1 Å². The summed E-state index contributed by atoms with van der Waals surface area (Å²) < 4.78 is 0. The number of nitriles is 1. The lowest BCUT2D eigenvalue weighted by atomic mass is 9.69. The molecule has 3 heteroatoms. The fourth-order valence-corrected chi connectivity index (χ4v) is 2.08. The van der Waals surface area contributed by atoms with Crippen LogP contribution < -0.4 is 11.1 Å². The van der Waals surface area contributed by atoms with Gasteiger partial charge in [0, 0.05) is 12.2 Å². The Morgan fingerprint density at radius 1 is 1.31 bits per heavy atom. The molecule has 1 aliphatic rings. The molecule has 0 atom stereocenters. The Morgan fingerprint density at radius 3 is 2.44 bits per heavy atom. The van der Waals surface area contributed by atoms with Gasteiger partial charge in [0.2, 0.25) is 0 Å². The number of anilines is 1. The molecule has 1 fully saturated rings. The van der Waals surface area contributed by atoms with Crippen LogP contribution in [0.2, 0.25) is 0 Å². The highest BCUT2D eigenvalue weighted by Crippen LogP contribution is 2.39. The Morgan fingerprint density at radius 2 is 2.00 bits per heavy atom. The fraction of sp³-hybridized carbons (Fsp3) is 0.462. The molecule has 0 aliphatic heterocycles. The van der Waals surface area contributed by atoms with Gasteiger partial charge in [0.05, 0.1) is 11.6 Å². The van der Waals surface area contributed by atoms with Crippen molar-refractivity contribution in [1.29, 1.82) is 5.26 Å². The Kier molecular flexibility index (Phi) is 3.12. The summed E-state index contributed by atoms with van der Waals surface area (Å²) in [6.07, 6.45) is 3.76. The van der Waals surface area contributed by atoms with E-state index in [-0.39, 0.29) is 0 Å². The van der Waals surface area contributed by atoms with Crippen molar-refractivity contribution < 1.29 is 0 Å². The minimum Gasteiger partial charge on any atom is -0.384 e. The summed E-state index contributed by atoms with van der Waals surface area (Å²) in [5.41, 5.74) is 7.87. The molecular weight excluding hydrogens is 198 g/mol. The van der Waals surface area contributed by atoms with Gasteiger partial charge < -0.3 is 11.1 Å². The molecule has 0 unspecified atom stereocenters. The minimum absolute atomic E-state index is 0.313. The fourth-order valence-electron chi connectivity index (χ4n) is 2.08. The monoisotopic (exact) mass is 215 g/mol. The van der Waals surface area contributed by atoms with Crippen LogP contribution in [0.5, 0.6) is 0 Å². The van der Waals surface area contributed by atoms with Gasteiger partial charge in [-0.15, -0.1) is 0 Å². The van der Waals surface area contributed by atoms with Gasteiger partial charge in [-0.3, -0.25) is 0 Å². The van der Waals surface area contributed by atoms with Crippen LogP contribution in [0.3, 0.4) is 0 Å². The summed E-state index contributed by atoms with van der Waals surface area (Å²) in [6, 6.07) is 9.67. The van der Waals surface area contributed by atoms with E-state index >= 15 is 0 Å². The van der Waals surface area contributed by atoms with Gasteiger partial charge in [0.15, 0.2) is 0 Å². The zero-order valence-corrected chi connectivity index (χ0v) is 9.37. The summed E-state index contributed by atoms with van der Waals surface area (Å²) >= 11 is 0. The highest BCUT2D eigenvalue weighted by molar-refractivity contribution is 5.47. The Bertz CT molecular complexity index is 379. The van der Waals surface area contributed by atoms with Crippen LogP contribution in [0.15, 0.2) is 24.3 Å². The summed E-state index contributed by atoms with van der Waals surface area (Å²) in [6.45, 7) is 1.70. The average molecular weight is 215 g/mol. The van der Waals surface area contributed by atoms with Crippen LogP contribution in [0.4, 0.5) is 5.69 Å². The van der Waals surface area contributed by atoms with Crippen LogP contribution in [0.25, 0.3) is 0 Å². The van der Waals surface area contributed by atoms with Crippen LogP contribution in [0.1, 0.15) is 24.8 Å². The predicted octanol–water partition coefficient (Wildman–Crippen LogP) is 2.10. The van der Waals surface area contributed by atoms with E-state index in [0.29, 0.717) is 11.0 Å². The number of nitrogens with two attached hydrogens (primary N) is 1. The van der Waals surface area contributed by atoms with Crippen molar-refractivity contribution in [1.82, 2.24) is 0 Å². The van der Waals surface area contributed by atoms with Crippen molar-refractivity contribution in [3.8, 4) is 6.07 Å². The number of benzene rings is 1. The third-order valence-corrected chi connectivity index (χ3v) is 3.53. The molecule has 0 bridgehead atoms. The third-order valence-electron chi connectivity index (χ3n) is 3.53. The molecule has 0 radical (unpaired) electrons. The van der Waals surface area contributed by atoms with Crippen molar-refractivity contribution in [2.24, 2.45) is 11.1 Å². The first-order valence-corrected chi connectivity index (χ1v) is 5.72. The summed E-state index contributed by atoms with van der Waals surface area (Å²) in [7, 11) is 0. The summed E-state index contributed by atoms with van der Waals surface area (Å²) in [5.74, 6) is 0. The number of nitrogens with one attached hydrogen (secondary N) is 1. The predicted molar refractivity (Wildman–Crippen MR) is 65.0 cm³/mol. The molecule has 1 aromatic carbocycles. The SMILES string of the molecule is N#Cc1ccc(NCC2(CN)CCC2)cc1. The molecule has 1 aromatic rings. The minimum atomic E-state index is 0.313. The van der Waals surface area contributed by atoms with Crippen LogP contribution in [-0.2, 0) is 0 Å². The second-order valence-corrected chi connectivity index (χ2v) is 4.60. The Balaban J connectivity index is 1.92. The topological polar surface area (TPSA) is 61.8 Å². The van der Waals surface area contributed by atoms with Crippen LogP contribution in [0, 0.1) is 16.7 Å². The van der Waals surface area contributed by atoms with Gasteiger partial charge in [0.25, 0.3) is 0 Å². The molecule has 0 saturated heterocycles. The normalized spacial score (nSPS) is 17.2. The largest absolute Gasteiger partial charge is 0.384 e. The third kappa shape index (κ3) is 2.17. The first kappa shape index (κ1) is 11.0. The smallest absolute Gasteiger partial charge is 0.0991 e. The molecule has 0 spiro atoms. The van der Waals surface area contributed by atoms with Gasteiger partial charge in [-0.2, -0.15) is 5.26 Å². The maximum Gasteiger partial charge on any atom is 0.0991 e. The number of rotatable bonds is 4. The lowest BCUT2D eigenvalue weighted by Gasteiger charge is -2.41. The van der Waals surface area contributed by atoms with Gasteiger partial charge in [-0.1, -0.05) is 6.42 Å². The van der Waals surface area contributed by atoms with Crippen molar-refractivity contribution in [3.63, 3.8) is 0 Å². The molecule has 3 nitrogen and oxygen atoms in total. The molecule has 0 heterocycles. The van der Waals surface area contributed by atoms with Gasteiger partial charge in [-0.05, 0) is 49.1 Å². The number of nitrogens with zero attached hydrogens (tertiary/aromatic N) is 1. The second-order valence-electron chi connectivity index (χ2n) is 4.60. The summed E-state index contributed by atoms with van der Waals surface area (Å²) in [4.78, 5) is 0. The van der Waals surface area contributed by atoms with E-state index < -0.39 is 0 Å². The average Bonchev–Trinajstić information content (AvgIpc) is 2.29. The second kappa shape index (κ2) is 4.54. The molecule has 2 rings (SSSR count). The summed E-state index contributed by atoms with van der Waals surface area (Å²) in [5, 5.41) is 12.1. The lowest BCUT2D eigenvalue weighted by Crippen LogP contribution is -2.42. The lowest BCUT2D eigenvalue weighted by molar-refractivity contribution is 0.163. The van der Waals surface area contributed by atoms with Gasteiger partial charge in [0.1, 0.15) is 0 Å². The molecule has 1 saturated carbocycles. The maximum absolute atomic E-state index is 8.69. The maximum atomic E-state index is 8.69. The molecule has 1 aliphatic carbocycles. The van der Waals surface area contributed by atoms with E-state index in [4.69, 9.17) is 11.0 Å². The zero-order chi connectivity index (χ0) is 11.4.